The topological polar surface area (TPSA) is 30.7 Å². The van der Waals surface area contributed by atoms with Crippen LogP contribution in [-0.2, 0) is 0 Å². The highest BCUT2D eigenvalue weighted by atomic mass is 19.2. The van der Waals surface area contributed by atoms with Gasteiger partial charge >= 0.3 is 0 Å². The van der Waals surface area contributed by atoms with Gasteiger partial charge in [0.15, 0.2) is 17.5 Å². The molecule has 0 radical (unpaired) electrons. The first-order valence-corrected chi connectivity index (χ1v) is 9.81. The lowest BCUT2D eigenvalue weighted by Crippen LogP contribution is -2.14. The third-order valence-corrected chi connectivity index (χ3v) is 5.25. The van der Waals surface area contributed by atoms with Crippen LogP contribution in [0.15, 0.2) is 85.2 Å². The summed E-state index contributed by atoms with van der Waals surface area (Å²) in [5, 5.41) is 0. The Hall–Kier alpha value is -4.00. The normalized spacial score (nSPS) is 12.2. The Kier molecular flexibility index (Phi) is 4.93. The highest BCUT2D eigenvalue weighted by Gasteiger charge is 2.23. The van der Waals surface area contributed by atoms with Crippen molar-refractivity contribution in [2.45, 2.75) is 6.04 Å². The van der Waals surface area contributed by atoms with Gasteiger partial charge in [-0.05, 0) is 29.8 Å². The van der Waals surface area contributed by atoms with Crippen LogP contribution in [0.4, 0.5) is 17.6 Å². The molecule has 0 saturated carbocycles. The van der Waals surface area contributed by atoms with Crippen molar-refractivity contribution in [2.24, 2.45) is 0 Å². The van der Waals surface area contributed by atoms with Crippen LogP contribution in [0.25, 0.3) is 22.8 Å². The first-order valence-electron chi connectivity index (χ1n) is 9.81. The lowest BCUT2D eigenvalue weighted by molar-refractivity contribution is 0.510. The van der Waals surface area contributed by atoms with E-state index in [9.17, 15) is 17.6 Å². The van der Waals surface area contributed by atoms with Crippen LogP contribution in [-0.4, -0.2) is 14.5 Å². The van der Waals surface area contributed by atoms with Gasteiger partial charge in [0, 0.05) is 24.0 Å². The molecule has 0 saturated heterocycles. The first-order chi connectivity index (χ1) is 15.5. The van der Waals surface area contributed by atoms with E-state index >= 15 is 0 Å². The van der Waals surface area contributed by atoms with Gasteiger partial charge in [0.1, 0.15) is 17.3 Å². The number of halogens is 4. The quantitative estimate of drug-likeness (QED) is 0.314. The predicted molar refractivity (Wildman–Crippen MR) is 112 cm³/mol. The third kappa shape index (κ3) is 3.51. The van der Waals surface area contributed by atoms with Gasteiger partial charge in [0.2, 0.25) is 0 Å². The van der Waals surface area contributed by atoms with Crippen LogP contribution in [0.2, 0.25) is 0 Å². The molecule has 5 rings (SSSR count). The maximum atomic E-state index is 14.7. The fourth-order valence-electron chi connectivity index (χ4n) is 3.75. The number of pyridine rings is 1. The van der Waals surface area contributed by atoms with Crippen molar-refractivity contribution in [2.75, 3.05) is 0 Å². The average molecular weight is 433 g/mol. The van der Waals surface area contributed by atoms with E-state index in [4.69, 9.17) is 0 Å². The second-order valence-corrected chi connectivity index (χ2v) is 7.29. The van der Waals surface area contributed by atoms with Gasteiger partial charge in [0.05, 0.1) is 17.3 Å². The Morgan fingerprint density at radius 2 is 1.50 bits per heavy atom. The molecular formula is C25H15F4N3. The van der Waals surface area contributed by atoms with Crippen LogP contribution in [0.5, 0.6) is 0 Å². The highest BCUT2D eigenvalue weighted by molar-refractivity contribution is 5.66. The molecule has 7 heteroatoms. The van der Waals surface area contributed by atoms with E-state index in [1.165, 1.54) is 24.3 Å². The fourth-order valence-corrected chi connectivity index (χ4v) is 3.75. The number of imidazole rings is 1. The second-order valence-electron chi connectivity index (χ2n) is 7.29. The van der Waals surface area contributed by atoms with Crippen LogP contribution >= 0.6 is 0 Å². The van der Waals surface area contributed by atoms with Crippen molar-refractivity contribution in [3.8, 4) is 22.8 Å². The van der Waals surface area contributed by atoms with E-state index < -0.39 is 29.3 Å². The fraction of sp³-hybridized carbons (Fsp3) is 0.0400. The summed E-state index contributed by atoms with van der Waals surface area (Å²) in [6.07, 6.45) is 3.35. The van der Waals surface area contributed by atoms with E-state index in [-0.39, 0.29) is 17.0 Å². The number of hydrogen-bond donors (Lipinski definition) is 0. The summed E-state index contributed by atoms with van der Waals surface area (Å²) in [6, 6.07) is 17.5. The first kappa shape index (κ1) is 19.9. The lowest BCUT2D eigenvalue weighted by Gasteiger charge is -2.23. The van der Waals surface area contributed by atoms with E-state index in [1.807, 2.05) is 30.3 Å². The van der Waals surface area contributed by atoms with Gasteiger partial charge in [-0.1, -0.05) is 42.5 Å². The molecule has 0 N–H and O–H groups in total. The molecule has 0 aliphatic carbocycles. The van der Waals surface area contributed by atoms with Crippen LogP contribution in [0, 0.1) is 23.3 Å². The van der Waals surface area contributed by atoms with Crippen LogP contribution in [0.3, 0.4) is 0 Å². The molecule has 3 nitrogen and oxygen atoms in total. The molecule has 32 heavy (non-hydrogen) atoms. The molecule has 2 heterocycles. The Morgan fingerprint density at radius 3 is 2.28 bits per heavy atom. The van der Waals surface area contributed by atoms with Crippen LogP contribution in [0.1, 0.15) is 17.2 Å². The minimum absolute atomic E-state index is 0.0445. The Balaban J connectivity index is 1.65. The molecule has 0 bridgehead atoms. The molecule has 1 atom stereocenters. The standard InChI is InChI=1S/C25H15F4N3/c26-16-9-10-17(20(28)13-16)24(15-5-2-1-3-6-15)32-12-11-21-22(14-32)31-25(30-21)18-7-4-8-19(27)23(18)29/h1-14,24H. The van der Waals surface area contributed by atoms with E-state index in [0.29, 0.717) is 11.4 Å². The summed E-state index contributed by atoms with van der Waals surface area (Å²) in [6.45, 7) is 0. The SMILES string of the molecule is Fc1ccc(C(c2ccccc2)n2ccc3nc(-c4cccc(F)c4F)nc-3c2)c(F)c1. The molecule has 0 aromatic heterocycles. The molecule has 2 aliphatic heterocycles. The summed E-state index contributed by atoms with van der Waals surface area (Å²) in [7, 11) is 0. The van der Waals surface area contributed by atoms with Gasteiger partial charge in [0.25, 0.3) is 0 Å². The molecule has 3 aromatic carbocycles. The molecular weight excluding hydrogens is 418 g/mol. The average Bonchev–Trinajstić information content (AvgIpc) is 3.21. The number of fused-ring (bicyclic) bond motifs is 1. The molecule has 0 fully saturated rings. The Bertz CT molecular complexity index is 1380. The number of nitrogens with zero attached hydrogens (tertiary/aromatic N) is 3. The zero-order valence-corrected chi connectivity index (χ0v) is 16.5. The Morgan fingerprint density at radius 1 is 0.719 bits per heavy atom. The molecule has 1 unspecified atom stereocenters. The summed E-state index contributed by atoms with van der Waals surface area (Å²) in [4.78, 5) is 8.66. The van der Waals surface area contributed by atoms with Gasteiger partial charge in [-0.25, -0.2) is 27.5 Å². The van der Waals surface area contributed by atoms with E-state index in [2.05, 4.69) is 9.97 Å². The van der Waals surface area contributed by atoms with Crippen molar-refractivity contribution in [1.29, 1.82) is 0 Å². The largest absolute Gasteiger partial charge is 0.340 e. The smallest absolute Gasteiger partial charge is 0.169 e. The van der Waals surface area contributed by atoms with E-state index in [0.717, 1.165) is 17.7 Å². The number of benzene rings is 3. The van der Waals surface area contributed by atoms with Crippen LogP contribution < -0.4 is 0 Å². The number of rotatable bonds is 4. The molecule has 3 aromatic rings. The number of hydrogen-bond acceptors (Lipinski definition) is 2. The van der Waals surface area contributed by atoms with Gasteiger partial charge < -0.3 is 4.57 Å². The van der Waals surface area contributed by atoms with Gasteiger partial charge in [-0.15, -0.1) is 0 Å². The van der Waals surface area contributed by atoms with Crippen molar-refractivity contribution < 1.29 is 17.6 Å². The minimum atomic E-state index is -1.02. The number of aromatic nitrogens is 3. The minimum Gasteiger partial charge on any atom is -0.340 e. The summed E-state index contributed by atoms with van der Waals surface area (Å²) in [5.74, 6) is -3.29. The summed E-state index contributed by atoms with van der Waals surface area (Å²) in [5.41, 5.74) is 1.91. The zero-order chi connectivity index (χ0) is 22.2. The van der Waals surface area contributed by atoms with Crippen molar-refractivity contribution >= 4 is 0 Å². The third-order valence-electron chi connectivity index (χ3n) is 5.25. The lowest BCUT2D eigenvalue weighted by atomic mass is 9.97. The predicted octanol–water partition coefficient (Wildman–Crippen LogP) is 6.24. The zero-order valence-electron chi connectivity index (χ0n) is 16.5. The van der Waals surface area contributed by atoms with Crippen molar-refractivity contribution in [1.82, 2.24) is 14.5 Å². The molecule has 0 amide bonds. The highest BCUT2D eigenvalue weighted by Crippen LogP contribution is 2.32. The van der Waals surface area contributed by atoms with Crippen molar-refractivity contribution in [3.63, 3.8) is 0 Å². The maximum absolute atomic E-state index is 14.7. The second kappa shape index (κ2) is 7.92. The van der Waals surface area contributed by atoms with Gasteiger partial charge in [-0.2, -0.15) is 0 Å². The Labute approximate surface area is 181 Å². The van der Waals surface area contributed by atoms with Gasteiger partial charge in [-0.3, -0.25) is 0 Å². The van der Waals surface area contributed by atoms with Crippen molar-refractivity contribution in [3.05, 3.63) is 120 Å². The monoisotopic (exact) mass is 433 g/mol. The molecule has 158 valence electrons. The maximum Gasteiger partial charge on any atom is 0.169 e. The summed E-state index contributed by atoms with van der Waals surface area (Å²) < 4.78 is 57.8. The molecule has 0 spiro atoms. The molecule has 2 aliphatic rings. The summed E-state index contributed by atoms with van der Waals surface area (Å²) >= 11 is 0. The van der Waals surface area contributed by atoms with E-state index in [1.54, 1.807) is 23.0 Å².